The van der Waals surface area contributed by atoms with Crippen molar-refractivity contribution in [3.8, 4) is 0 Å². The zero-order valence-electron chi connectivity index (χ0n) is 9.38. The number of nitrogens with one attached hydrogen (secondary N) is 1. The second kappa shape index (κ2) is 5.23. The van der Waals surface area contributed by atoms with E-state index in [0.29, 0.717) is 19.6 Å². The van der Waals surface area contributed by atoms with Crippen molar-refractivity contribution in [3.05, 3.63) is 35.4 Å². The van der Waals surface area contributed by atoms with Gasteiger partial charge >= 0.3 is 0 Å². The molecule has 0 spiro atoms. The van der Waals surface area contributed by atoms with Crippen LogP contribution in [-0.2, 0) is 0 Å². The number of benzene rings is 1. The number of rotatable bonds is 1. The first-order valence-electron chi connectivity index (χ1n) is 5.64. The van der Waals surface area contributed by atoms with E-state index in [9.17, 15) is 13.6 Å². The van der Waals surface area contributed by atoms with Gasteiger partial charge in [-0.2, -0.15) is 0 Å². The van der Waals surface area contributed by atoms with Gasteiger partial charge in [-0.3, -0.25) is 4.79 Å². The van der Waals surface area contributed by atoms with Crippen molar-refractivity contribution in [1.29, 1.82) is 0 Å². The normalized spacial score (nSPS) is 16.7. The zero-order valence-corrected chi connectivity index (χ0v) is 9.38. The first-order valence-corrected chi connectivity index (χ1v) is 5.64. The van der Waals surface area contributed by atoms with Crippen molar-refractivity contribution in [3.63, 3.8) is 0 Å². The van der Waals surface area contributed by atoms with E-state index in [4.69, 9.17) is 0 Å². The summed E-state index contributed by atoms with van der Waals surface area (Å²) in [6.45, 7) is 2.62. The number of carbonyl (C=O) groups excluding carboxylic acids is 1. The molecule has 0 unspecified atom stereocenters. The highest BCUT2D eigenvalue weighted by Gasteiger charge is 2.21. The molecule has 1 heterocycles. The molecule has 0 radical (unpaired) electrons. The van der Waals surface area contributed by atoms with E-state index in [1.165, 1.54) is 12.1 Å². The molecule has 1 fully saturated rings. The van der Waals surface area contributed by atoms with Crippen LogP contribution in [0.2, 0.25) is 0 Å². The number of hydrogen-bond acceptors (Lipinski definition) is 2. The molecule has 5 heteroatoms. The summed E-state index contributed by atoms with van der Waals surface area (Å²) in [5.74, 6) is -2.48. The molecule has 1 aromatic rings. The molecule has 17 heavy (non-hydrogen) atoms. The molecule has 1 aliphatic rings. The van der Waals surface area contributed by atoms with E-state index in [1.807, 2.05) is 0 Å². The molecule has 2 rings (SSSR count). The molecule has 1 N–H and O–H groups in total. The molecule has 0 saturated carbocycles. The lowest BCUT2D eigenvalue weighted by Crippen LogP contribution is -2.34. The molecule has 0 aliphatic carbocycles. The highest BCUT2D eigenvalue weighted by atomic mass is 19.2. The molecule has 0 atom stereocenters. The fraction of sp³-hybridized carbons (Fsp3) is 0.417. The molecule has 1 aliphatic heterocycles. The first kappa shape index (κ1) is 12.0. The van der Waals surface area contributed by atoms with Crippen molar-refractivity contribution in [2.45, 2.75) is 6.42 Å². The molecule has 1 aromatic carbocycles. The Hall–Kier alpha value is -1.49. The van der Waals surface area contributed by atoms with Crippen LogP contribution in [0.4, 0.5) is 8.78 Å². The Morgan fingerprint density at radius 3 is 2.88 bits per heavy atom. The van der Waals surface area contributed by atoms with Gasteiger partial charge in [-0.1, -0.05) is 6.07 Å². The molecule has 92 valence electrons. The van der Waals surface area contributed by atoms with Crippen molar-refractivity contribution in [1.82, 2.24) is 10.2 Å². The predicted molar refractivity (Wildman–Crippen MR) is 59.7 cm³/mol. The summed E-state index contributed by atoms with van der Waals surface area (Å²) in [5, 5.41) is 3.15. The maximum atomic E-state index is 13.5. The van der Waals surface area contributed by atoms with E-state index in [1.54, 1.807) is 4.90 Å². The lowest BCUT2D eigenvalue weighted by Gasteiger charge is -2.20. The topological polar surface area (TPSA) is 32.3 Å². The Balaban J connectivity index is 2.20. The van der Waals surface area contributed by atoms with Gasteiger partial charge in [0.05, 0.1) is 5.56 Å². The lowest BCUT2D eigenvalue weighted by molar-refractivity contribution is 0.0760. The van der Waals surface area contributed by atoms with Crippen molar-refractivity contribution in [2.75, 3.05) is 26.2 Å². The fourth-order valence-corrected chi connectivity index (χ4v) is 1.89. The van der Waals surface area contributed by atoms with Crippen LogP contribution in [0.3, 0.4) is 0 Å². The van der Waals surface area contributed by atoms with Gasteiger partial charge < -0.3 is 10.2 Å². The summed E-state index contributed by atoms with van der Waals surface area (Å²) in [5.41, 5.74) is -0.188. The van der Waals surface area contributed by atoms with E-state index in [0.717, 1.165) is 19.0 Å². The average molecular weight is 240 g/mol. The Morgan fingerprint density at radius 1 is 1.24 bits per heavy atom. The summed E-state index contributed by atoms with van der Waals surface area (Å²) in [6, 6.07) is 3.68. The molecule has 3 nitrogen and oxygen atoms in total. The van der Waals surface area contributed by atoms with Gasteiger partial charge in [0.2, 0.25) is 0 Å². The summed E-state index contributed by atoms with van der Waals surface area (Å²) in [4.78, 5) is 13.6. The van der Waals surface area contributed by atoms with Crippen LogP contribution in [-0.4, -0.2) is 37.0 Å². The smallest absolute Gasteiger partial charge is 0.256 e. The zero-order chi connectivity index (χ0) is 12.3. The third-order valence-corrected chi connectivity index (χ3v) is 2.81. The van der Waals surface area contributed by atoms with Gasteiger partial charge in [0.15, 0.2) is 11.6 Å². The van der Waals surface area contributed by atoms with Crippen LogP contribution in [0.15, 0.2) is 18.2 Å². The summed E-state index contributed by atoms with van der Waals surface area (Å²) < 4.78 is 26.5. The standard InChI is InChI=1S/C12H14F2N2O/c13-10-4-1-3-9(11(10)14)12(17)16-7-2-5-15-6-8-16/h1,3-4,15H,2,5-8H2. The SMILES string of the molecule is O=C(c1cccc(F)c1F)N1CCCNCC1. The molecule has 0 aromatic heterocycles. The Kier molecular flexibility index (Phi) is 3.68. The maximum Gasteiger partial charge on any atom is 0.256 e. The monoisotopic (exact) mass is 240 g/mol. The number of halogens is 2. The summed E-state index contributed by atoms with van der Waals surface area (Å²) in [7, 11) is 0. The largest absolute Gasteiger partial charge is 0.337 e. The van der Waals surface area contributed by atoms with Crippen LogP contribution in [0, 0.1) is 11.6 Å². The maximum absolute atomic E-state index is 13.5. The number of hydrogen-bond donors (Lipinski definition) is 1. The third kappa shape index (κ3) is 2.61. The van der Waals surface area contributed by atoms with Crippen LogP contribution in [0.1, 0.15) is 16.8 Å². The van der Waals surface area contributed by atoms with Crippen molar-refractivity contribution >= 4 is 5.91 Å². The average Bonchev–Trinajstić information content (AvgIpc) is 2.60. The molecule has 1 saturated heterocycles. The van der Waals surface area contributed by atoms with Crippen molar-refractivity contribution in [2.24, 2.45) is 0 Å². The lowest BCUT2D eigenvalue weighted by atomic mass is 10.1. The minimum Gasteiger partial charge on any atom is -0.337 e. The Labute approximate surface area is 98.4 Å². The fourth-order valence-electron chi connectivity index (χ4n) is 1.89. The number of carbonyl (C=O) groups is 1. The number of amides is 1. The van der Waals surface area contributed by atoms with Crippen LogP contribution in [0.25, 0.3) is 0 Å². The van der Waals surface area contributed by atoms with Crippen molar-refractivity contribution < 1.29 is 13.6 Å². The van der Waals surface area contributed by atoms with E-state index >= 15 is 0 Å². The molecule has 0 bridgehead atoms. The van der Waals surface area contributed by atoms with Gasteiger partial charge in [0.1, 0.15) is 0 Å². The van der Waals surface area contributed by atoms with E-state index in [-0.39, 0.29) is 5.56 Å². The minimum absolute atomic E-state index is 0.188. The quantitative estimate of drug-likeness (QED) is 0.804. The minimum atomic E-state index is -1.06. The van der Waals surface area contributed by atoms with E-state index in [2.05, 4.69) is 5.32 Å². The van der Waals surface area contributed by atoms with Crippen LogP contribution >= 0.6 is 0 Å². The third-order valence-electron chi connectivity index (χ3n) is 2.81. The molecular weight excluding hydrogens is 226 g/mol. The van der Waals surface area contributed by atoms with Gasteiger partial charge in [0.25, 0.3) is 5.91 Å². The highest BCUT2D eigenvalue weighted by molar-refractivity contribution is 5.94. The highest BCUT2D eigenvalue weighted by Crippen LogP contribution is 2.14. The molecular formula is C12H14F2N2O. The number of nitrogens with zero attached hydrogens (tertiary/aromatic N) is 1. The van der Waals surface area contributed by atoms with Gasteiger partial charge in [0, 0.05) is 19.6 Å². The summed E-state index contributed by atoms with van der Waals surface area (Å²) >= 11 is 0. The second-order valence-corrected chi connectivity index (χ2v) is 4.00. The Morgan fingerprint density at radius 2 is 2.06 bits per heavy atom. The van der Waals surface area contributed by atoms with Gasteiger partial charge in [-0.05, 0) is 25.1 Å². The first-order chi connectivity index (χ1) is 8.20. The summed E-state index contributed by atoms with van der Waals surface area (Å²) in [6.07, 6.45) is 0.822. The Bertz CT molecular complexity index is 415. The van der Waals surface area contributed by atoms with Crippen LogP contribution < -0.4 is 5.32 Å². The van der Waals surface area contributed by atoms with Gasteiger partial charge in [-0.15, -0.1) is 0 Å². The van der Waals surface area contributed by atoms with Gasteiger partial charge in [-0.25, -0.2) is 8.78 Å². The second-order valence-electron chi connectivity index (χ2n) is 4.00. The predicted octanol–water partition coefficient (Wildman–Crippen LogP) is 1.40. The van der Waals surface area contributed by atoms with Crippen LogP contribution in [0.5, 0.6) is 0 Å². The van der Waals surface area contributed by atoms with E-state index < -0.39 is 17.5 Å². The molecule has 1 amide bonds.